The quantitative estimate of drug-likeness (QED) is 0.550. The van der Waals surface area contributed by atoms with Crippen molar-refractivity contribution in [1.82, 2.24) is 4.73 Å². The molecule has 0 aromatic carbocycles. The lowest BCUT2D eigenvalue weighted by Gasteiger charge is -2.10. The first kappa shape index (κ1) is 10.3. The maximum absolute atomic E-state index is 10.2. The molecule has 0 bridgehead atoms. The van der Waals surface area contributed by atoms with Gasteiger partial charge in [0.2, 0.25) is 6.41 Å². The normalized spacial score (nSPS) is 11.5. The second-order valence-corrected chi connectivity index (χ2v) is 2.87. The third-order valence-corrected chi connectivity index (χ3v) is 1.95. The molecule has 1 amide bonds. The molecule has 1 aromatic rings. The number of methoxy groups -OCH3 is 1. The summed E-state index contributed by atoms with van der Waals surface area (Å²) < 4.78 is 5.92. The van der Waals surface area contributed by atoms with Crippen LogP contribution < -0.4 is 10.2 Å². The highest BCUT2D eigenvalue weighted by atomic mass is 16.5. The minimum absolute atomic E-state index is 0.183. The van der Waals surface area contributed by atoms with Gasteiger partial charge >= 0.3 is 0 Å². The first-order valence-electron chi connectivity index (χ1n) is 4.05. The van der Waals surface area contributed by atoms with Crippen LogP contribution in [0.3, 0.4) is 0 Å². The molecule has 14 heavy (non-hydrogen) atoms. The number of pyridine rings is 1. The van der Waals surface area contributed by atoms with Crippen molar-refractivity contribution in [2.75, 3.05) is 7.11 Å². The van der Waals surface area contributed by atoms with E-state index in [-0.39, 0.29) is 5.49 Å². The second-order valence-electron chi connectivity index (χ2n) is 2.87. The summed E-state index contributed by atoms with van der Waals surface area (Å²) in [6, 6.07) is 0. The molecule has 0 aliphatic heterocycles. The average Bonchev–Trinajstić information content (AvgIpc) is 2.12. The number of aromatic nitrogens is 1. The summed E-state index contributed by atoms with van der Waals surface area (Å²) >= 11 is 0. The van der Waals surface area contributed by atoms with E-state index in [1.165, 1.54) is 13.3 Å². The first-order chi connectivity index (χ1) is 6.61. The molecule has 0 aliphatic rings. The minimum Gasteiger partial charge on any atom is -0.496 e. The Kier molecular flexibility index (Phi) is 2.91. The van der Waals surface area contributed by atoms with Crippen LogP contribution in [0.2, 0.25) is 0 Å². The molecule has 0 unspecified atom stereocenters. The van der Waals surface area contributed by atoms with E-state index in [2.05, 4.69) is 4.99 Å². The van der Waals surface area contributed by atoms with E-state index in [0.717, 1.165) is 10.3 Å². The van der Waals surface area contributed by atoms with Gasteiger partial charge in [0.05, 0.1) is 13.3 Å². The Hall–Kier alpha value is -1.78. The van der Waals surface area contributed by atoms with E-state index in [1.54, 1.807) is 13.8 Å². The standard InChI is InChI=1S/C9H12N2O3/c1-6-4-11(13)9(10-5-12)7(2)8(6)14-3/h4-5,13H,1-3H3. The number of ether oxygens (including phenoxy) is 1. The molecule has 0 spiro atoms. The van der Waals surface area contributed by atoms with Gasteiger partial charge in [-0.05, 0) is 13.8 Å². The largest absolute Gasteiger partial charge is 0.496 e. The smallest absolute Gasteiger partial charge is 0.234 e. The average molecular weight is 196 g/mol. The fraction of sp³-hybridized carbons (Fsp3) is 0.333. The molecule has 0 aliphatic carbocycles. The molecule has 0 radical (unpaired) electrons. The summed E-state index contributed by atoms with van der Waals surface area (Å²) in [5.41, 5.74) is 1.59. The van der Waals surface area contributed by atoms with Gasteiger partial charge in [-0.1, -0.05) is 0 Å². The summed E-state index contributed by atoms with van der Waals surface area (Å²) in [5.74, 6) is 0.621. The van der Waals surface area contributed by atoms with Gasteiger partial charge in [-0.15, -0.1) is 0 Å². The highest BCUT2D eigenvalue weighted by Crippen LogP contribution is 2.17. The van der Waals surface area contributed by atoms with Gasteiger partial charge in [0.15, 0.2) is 5.49 Å². The molecule has 0 saturated heterocycles. The van der Waals surface area contributed by atoms with Crippen LogP contribution in [0.25, 0.3) is 0 Å². The lowest BCUT2D eigenvalue weighted by Crippen LogP contribution is -2.23. The van der Waals surface area contributed by atoms with Crippen molar-refractivity contribution >= 4 is 6.41 Å². The summed E-state index contributed by atoms with van der Waals surface area (Å²) in [5, 5.41) is 9.43. The molecule has 0 fully saturated rings. The summed E-state index contributed by atoms with van der Waals surface area (Å²) in [6.45, 7) is 3.52. The number of aryl methyl sites for hydroxylation is 1. The number of carbonyl (C=O) groups is 1. The van der Waals surface area contributed by atoms with Gasteiger partial charge in [-0.3, -0.25) is 4.79 Å². The fourth-order valence-electron chi connectivity index (χ4n) is 1.39. The van der Waals surface area contributed by atoms with E-state index in [0.29, 0.717) is 17.7 Å². The molecular formula is C9H12N2O3. The first-order valence-corrected chi connectivity index (χ1v) is 4.05. The molecule has 1 rings (SSSR count). The van der Waals surface area contributed by atoms with Crippen LogP contribution in [0.5, 0.6) is 5.75 Å². The van der Waals surface area contributed by atoms with Crippen molar-refractivity contribution in [3.63, 3.8) is 0 Å². The molecule has 5 heteroatoms. The van der Waals surface area contributed by atoms with Crippen molar-refractivity contribution in [3.8, 4) is 5.75 Å². The molecular weight excluding hydrogens is 184 g/mol. The van der Waals surface area contributed by atoms with Crippen molar-refractivity contribution in [2.45, 2.75) is 13.8 Å². The summed E-state index contributed by atoms with van der Waals surface area (Å²) in [7, 11) is 1.53. The number of hydrogen-bond donors (Lipinski definition) is 1. The van der Waals surface area contributed by atoms with E-state index in [4.69, 9.17) is 4.74 Å². The molecule has 1 aromatic heterocycles. The summed E-state index contributed by atoms with van der Waals surface area (Å²) in [6.07, 6.45) is 1.82. The lowest BCUT2D eigenvalue weighted by atomic mass is 10.2. The number of carbonyl (C=O) groups excluding carboxylic acids is 1. The topological polar surface area (TPSA) is 63.8 Å². The van der Waals surface area contributed by atoms with Crippen molar-refractivity contribution in [3.05, 3.63) is 22.8 Å². The van der Waals surface area contributed by atoms with Crippen LogP contribution in [-0.2, 0) is 4.79 Å². The van der Waals surface area contributed by atoms with E-state index >= 15 is 0 Å². The summed E-state index contributed by atoms with van der Waals surface area (Å²) in [4.78, 5) is 13.7. The van der Waals surface area contributed by atoms with Crippen LogP contribution in [0.15, 0.2) is 11.2 Å². The number of rotatable bonds is 2. The highest BCUT2D eigenvalue weighted by molar-refractivity contribution is 5.48. The predicted molar refractivity (Wildman–Crippen MR) is 49.3 cm³/mol. The zero-order valence-electron chi connectivity index (χ0n) is 8.31. The Labute approximate surface area is 81.2 Å². The van der Waals surface area contributed by atoms with Gasteiger partial charge in [0, 0.05) is 11.1 Å². The molecule has 1 N–H and O–H groups in total. The van der Waals surface area contributed by atoms with E-state index < -0.39 is 0 Å². The molecule has 0 atom stereocenters. The number of amides is 1. The van der Waals surface area contributed by atoms with Crippen LogP contribution in [0, 0.1) is 13.8 Å². The van der Waals surface area contributed by atoms with Crippen LogP contribution >= 0.6 is 0 Å². The van der Waals surface area contributed by atoms with Crippen molar-refractivity contribution in [2.24, 2.45) is 4.99 Å². The zero-order chi connectivity index (χ0) is 10.7. The Bertz CT molecular complexity index is 421. The molecule has 76 valence electrons. The Balaban J connectivity index is 3.60. The third-order valence-electron chi connectivity index (χ3n) is 1.95. The van der Waals surface area contributed by atoms with Crippen LogP contribution in [0.1, 0.15) is 11.1 Å². The Morgan fingerprint density at radius 3 is 2.71 bits per heavy atom. The zero-order valence-corrected chi connectivity index (χ0v) is 8.31. The predicted octanol–water partition coefficient (Wildman–Crippen LogP) is 0.408. The van der Waals surface area contributed by atoms with Gasteiger partial charge < -0.3 is 9.94 Å². The third kappa shape index (κ3) is 1.61. The van der Waals surface area contributed by atoms with Crippen LogP contribution in [0.4, 0.5) is 0 Å². The molecule has 0 saturated carbocycles. The van der Waals surface area contributed by atoms with Crippen molar-refractivity contribution < 1.29 is 14.7 Å². The fourth-order valence-corrected chi connectivity index (χ4v) is 1.39. The van der Waals surface area contributed by atoms with Gasteiger partial charge in [-0.2, -0.15) is 9.72 Å². The Morgan fingerprint density at radius 2 is 2.21 bits per heavy atom. The Morgan fingerprint density at radius 1 is 1.57 bits per heavy atom. The lowest BCUT2D eigenvalue weighted by molar-refractivity contribution is -0.107. The van der Waals surface area contributed by atoms with Gasteiger partial charge in [-0.25, -0.2) is 0 Å². The second kappa shape index (κ2) is 3.95. The number of hydrogen-bond acceptors (Lipinski definition) is 3. The van der Waals surface area contributed by atoms with Gasteiger partial charge in [0.1, 0.15) is 5.75 Å². The minimum atomic E-state index is 0.183. The molecule has 1 heterocycles. The van der Waals surface area contributed by atoms with Crippen molar-refractivity contribution in [1.29, 1.82) is 0 Å². The SMILES string of the molecule is COc1c(C)cn(O)c(=NC=O)c1C. The maximum atomic E-state index is 10.2. The van der Waals surface area contributed by atoms with E-state index in [1.807, 2.05) is 0 Å². The van der Waals surface area contributed by atoms with Gasteiger partial charge in [0.25, 0.3) is 0 Å². The maximum Gasteiger partial charge on any atom is 0.234 e. The number of nitrogens with zero attached hydrogens (tertiary/aromatic N) is 2. The highest BCUT2D eigenvalue weighted by Gasteiger charge is 2.07. The monoisotopic (exact) mass is 196 g/mol. The molecule has 5 nitrogen and oxygen atoms in total. The van der Waals surface area contributed by atoms with Crippen LogP contribution in [-0.4, -0.2) is 23.5 Å². The van der Waals surface area contributed by atoms with E-state index in [9.17, 15) is 10.0 Å².